The second-order valence-electron chi connectivity index (χ2n) is 8.97. The smallest absolute Gasteiger partial charge is 0.326 e. The first-order valence-corrected chi connectivity index (χ1v) is 13.0. The van der Waals surface area contributed by atoms with Gasteiger partial charge in [0.2, 0.25) is 16.9 Å². The van der Waals surface area contributed by atoms with Crippen LogP contribution in [0.3, 0.4) is 0 Å². The summed E-state index contributed by atoms with van der Waals surface area (Å²) in [4.78, 5) is 66.5. The van der Waals surface area contributed by atoms with Crippen LogP contribution in [0, 0.1) is 16.0 Å². The van der Waals surface area contributed by atoms with E-state index < -0.39 is 35.0 Å². The van der Waals surface area contributed by atoms with Gasteiger partial charge in [0.25, 0.3) is 5.09 Å². The van der Waals surface area contributed by atoms with Crippen LogP contribution in [0.25, 0.3) is 0 Å². The van der Waals surface area contributed by atoms with E-state index in [1.54, 1.807) is 43.3 Å². The van der Waals surface area contributed by atoms with Crippen LogP contribution in [-0.4, -0.2) is 62.4 Å². The lowest BCUT2D eigenvalue weighted by molar-refractivity contribution is -0.763. The SMILES string of the molecule is C[C@H](CSC(=O)c1ccc(CO[N+](=O)[O-])cc1)C(=O)N1CCC[C@H]1C(=O)N[C@H](Cc1ccccc1)C(=O)O. The summed E-state index contributed by atoms with van der Waals surface area (Å²) in [6.45, 7) is 1.84. The monoisotopic (exact) mass is 543 g/mol. The molecule has 2 aromatic carbocycles. The molecule has 0 radical (unpaired) electrons. The van der Waals surface area contributed by atoms with E-state index in [1.165, 1.54) is 17.0 Å². The third-order valence-electron chi connectivity index (χ3n) is 6.15. The van der Waals surface area contributed by atoms with Crippen molar-refractivity contribution in [3.8, 4) is 0 Å². The average molecular weight is 544 g/mol. The lowest BCUT2D eigenvalue weighted by Crippen LogP contribution is -2.52. The first-order valence-electron chi connectivity index (χ1n) is 12.1. The average Bonchev–Trinajstić information content (AvgIpc) is 3.40. The molecule has 2 aromatic rings. The van der Waals surface area contributed by atoms with Gasteiger partial charge in [-0.1, -0.05) is 73.3 Å². The van der Waals surface area contributed by atoms with E-state index in [0.29, 0.717) is 30.5 Å². The van der Waals surface area contributed by atoms with Crippen LogP contribution in [0.15, 0.2) is 54.6 Å². The Morgan fingerprint density at radius 1 is 1.13 bits per heavy atom. The van der Waals surface area contributed by atoms with Crippen molar-refractivity contribution in [1.29, 1.82) is 0 Å². The van der Waals surface area contributed by atoms with Crippen LogP contribution in [0.4, 0.5) is 0 Å². The van der Waals surface area contributed by atoms with Crippen molar-refractivity contribution in [3.63, 3.8) is 0 Å². The second-order valence-corrected chi connectivity index (χ2v) is 9.97. The van der Waals surface area contributed by atoms with Gasteiger partial charge in [-0.2, -0.15) is 0 Å². The topological polar surface area (TPSA) is 156 Å². The molecule has 0 spiro atoms. The van der Waals surface area contributed by atoms with Gasteiger partial charge >= 0.3 is 5.97 Å². The Balaban J connectivity index is 1.53. The van der Waals surface area contributed by atoms with Crippen molar-refractivity contribution < 1.29 is 34.2 Å². The molecule has 1 aliphatic rings. The number of carbonyl (C=O) groups excluding carboxylic acids is 3. The van der Waals surface area contributed by atoms with Crippen molar-refractivity contribution in [2.45, 2.75) is 44.9 Å². The van der Waals surface area contributed by atoms with Crippen molar-refractivity contribution in [1.82, 2.24) is 10.2 Å². The zero-order chi connectivity index (χ0) is 27.7. The number of carbonyl (C=O) groups is 4. The number of likely N-dealkylation sites (tertiary alicyclic amines) is 1. The molecule has 0 saturated carbocycles. The molecule has 3 rings (SSSR count). The molecule has 1 fully saturated rings. The van der Waals surface area contributed by atoms with Crippen molar-refractivity contribution in [3.05, 3.63) is 81.4 Å². The molecule has 0 aliphatic carbocycles. The highest BCUT2D eigenvalue weighted by Gasteiger charge is 2.37. The molecule has 3 atom stereocenters. The van der Waals surface area contributed by atoms with Crippen LogP contribution in [-0.2, 0) is 32.2 Å². The highest BCUT2D eigenvalue weighted by atomic mass is 32.2. The predicted molar refractivity (Wildman–Crippen MR) is 139 cm³/mol. The third kappa shape index (κ3) is 8.04. The van der Waals surface area contributed by atoms with E-state index in [-0.39, 0.29) is 29.8 Å². The maximum absolute atomic E-state index is 13.1. The quantitative estimate of drug-likeness (QED) is 0.303. The maximum Gasteiger partial charge on any atom is 0.326 e. The van der Waals surface area contributed by atoms with Crippen LogP contribution in [0.1, 0.15) is 41.3 Å². The van der Waals surface area contributed by atoms with Crippen LogP contribution in [0.5, 0.6) is 0 Å². The first-order chi connectivity index (χ1) is 18.2. The van der Waals surface area contributed by atoms with E-state index in [1.807, 2.05) is 6.07 Å². The Kier molecular flexibility index (Phi) is 10.2. The standard InChI is InChI=1S/C26H29N3O8S/c1-17(16-38-26(34)20-11-9-19(10-12-20)15-37-29(35)36)24(31)28-13-5-8-22(28)23(30)27-21(25(32)33)14-18-6-3-2-4-7-18/h2-4,6-7,9-12,17,21-22H,5,8,13-16H2,1H3,(H,27,30)(H,32,33)/t17-,21-,22+/m1/s1. The Morgan fingerprint density at radius 3 is 2.45 bits per heavy atom. The van der Waals surface area contributed by atoms with Gasteiger partial charge in [0, 0.05) is 30.2 Å². The first kappa shape index (κ1) is 28.6. The van der Waals surface area contributed by atoms with E-state index in [9.17, 15) is 34.4 Å². The predicted octanol–water partition coefficient (Wildman–Crippen LogP) is 2.71. The van der Waals surface area contributed by atoms with Gasteiger partial charge < -0.3 is 20.2 Å². The molecule has 1 aliphatic heterocycles. The number of amides is 2. The number of thioether (sulfide) groups is 1. The fourth-order valence-corrected chi connectivity index (χ4v) is 4.97. The molecule has 38 heavy (non-hydrogen) atoms. The molecular weight excluding hydrogens is 514 g/mol. The van der Waals surface area contributed by atoms with Gasteiger partial charge in [-0.25, -0.2) is 4.79 Å². The number of hydrogen-bond acceptors (Lipinski definition) is 8. The minimum absolute atomic E-state index is 0.126. The van der Waals surface area contributed by atoms with E-state index in [0.717, 1.165) is 17.3 Å². The van der Waals surface area contributed by atoms with Gasteiger partial charge in [0.15, 0.2) is 0 Å². The van der Waals surface area contributed by atoms with Crippen LogP contribution >= 0.6 is 11.8 Å². The van der Waals surface area contributed by atoms with Gasteiger partial charge in [-0.15, -0.1) is 10.1 Å². The summed E-state index contributed by atoms with van der Waals surface area (Å²) in [5.74, 6) is -2.29. The van der Waals surface area contributed by atoms with Gasteiger partial charge in [0.05, 0.1) is 0 Å². The lowest BCUT2D eigenvalue weighted by Gasteiger charge is -2.27. The van der Waals surface area contributed by atoms with E-state index in [2.05, 4.69) is 10.2 Å². The van der Waals surface area contributed by atoms with E-state index >= 15 is 0 Å². The molecule has 11 nitrogen and oxygen atoms in total. The summed E-state index contributed by atoms with van der Waals surface area (Å²) >= 11 is 0.970. The third-order valence-corrected chi connectivity index (χ3v) is 7.31. The number of carboxylic acids is 1. The fourth-order valence-electron chi connectivity index (χ4n) is 4.12. The number of nitrogens with one attached hydrogen (secondary N) is 1. The summed E-state index contributed by atoms with van der Waals surface area (Å²) in [6.07, 6.45) is 1.17. The highest BCUT2D eigenvalue weighted by Crippen LogP contribution is 2.23. The maximum atomic E-state index is 13.1. The number of hydrogen-bond donors (Lipinski definition) is 2. The van der Waals surface area contributed by atoms with Crippen LogP contribution < -0.4 is 5.32 Å². The molecule has 2 N–H and O–H groups in total. The van der Waals surface area contributed by atoms with Crippen LogP contribution in [0.2, 0.25) is 0 Å². The van der Waals surface area contributed by atoms with Gasteiger partial charge in [0.1, 0.15) is 18.7 Å². The summed E-state index contributed by atoms with van der Waals surface area (Å²) in [7, 11) is 0. The van der Waals surface area contributed by atoms with Gasteiger partial charge in [-0.05, 0) is 24.0 Å². The molecule has 0 aromatic heterocycles. The van der Waals surface area contributed by atoms with Crippen molar-refractivity contribution in [2.24, 2.45) is 5.92 Å². The Morgan fingerprint density at radius 2 is 1.82 bits per heavy atom. The number of benzene rings is 2. The number of carboxylic acid groups (broad SMARTS) is 1. The lowest BCUT2D eigenvalue weighted by atomic mass is 10.1. The summed E-state index contributed by atoms with van der Waals surface area (Å²) in [5, 5.41) is 21.3. The van der Waals surface area contributed by atoms with E-state index in [4.69, 9.17) is 0 Å². The van der Waals surface area contributed by atoms with Crippen molar-refractivity contribution in [2.75, 3.05) is 12.3 Å². The zero-order valence-corrected chi connectivity index (χ0v) is 21.6. The Bertz CT molecular complexity index is 1160. The molecule has 0 bridgehead atoms. The number of nitrogens with zero attached hydrogens (tertiary/aromatic N) is 2. The summed E-state index contributed by atoms with van der Waals surface area (Å²) in [6, 6.07) is 13.3. The summed E-state index contributed by atoms with van der Waals surface area (Å²) in [5.41, 5.74) is 1.70. The minimum atomic E-state index is -1.15. The normalized spacial score (nSPS) is 16.3. The second kappa shape index (κ2) is 13.6. The molecule has 202 valence electrons. The fraction of sp³-hybridized carbons (Fsp3) is 0.385. The molecule has 12 heteroatoms. The Labute approximate surface area is 223 Å². The molecule has 0 unspecified atom stereocenters. The zero-order valence-electron chi connectivity index (χ0n) is 20.8. The minimum Gasteiger partial charge on any atom is -0.480 e. The number of aliphatic carboxylic acids is 1. The highest BCUT2D eigenvalue weighted by molar-refractivity contribution is 8.14. The molecule has 2 amide bonds. The largest absolute Gasteiger partial charge is 0.480 e. The van der Waals surface area contributed by atoms with Gasteiger partial charge in [-0.3, -0.25) is 14.4 Å². The molecule has 1 saturated heterocycles. The molecule has 1 heterocycles. The van der Waals surface area contributed by atoms with Crippen molar-refractivity contribution >= 4 is 34.7 Å². The number of rotatable bonds is 12. The molecular formula is C26H29N3O8S. The Hall–Kier alpha value is -3.93. The summed E-state index contributed by atoms with van der Waals surface area (Å²) < 4.78 is 0.